The number of halogens is 2. The Labute approximate surface area is 222 Å². The fraction of sp³-hybridized carbons (Fsp3) is 0.462. The smallest absolute Gasteiger partial charge is 0.253 e. The SMILES string of the molecule is CCC(CN(C)S(=O)(=O)C1CC1)N1C(=O)[C@H](CC#N)O[C@H](c2cccc(Cl)c2)[C@H]1c1ccc(Cl)cc1. The standard InChI is InChI=1S/C26H29Cl2N3O4S/c1-3-21(16-30(2)36(33,34)22-11-12-22)31-24(17-7-9-19(27)10-8-17)25(18-5-4-6-20(28)15-18)35-23(13-14-29)26(31)32/h4-10,15,21-25H,3,11-13,16H2,1-2H3/t21?,23-,24+,25+/m0/s1. The molecule has 1 aliphatic carbocycles. The zero-order valence-corrected chi connectivity index (χ0v) is 22.5. The maximum atomic E-state index is 13.8. The van der Waals surface area contributed by atoms with Gasteiger partial charge in [0, 0.05) is 29.7 Å². The number of sulfonamides is 1. The van der Waals surface area contributed by atoms with Gasteiger partial charge in [0.1, 0.15) is 12.2 Å². The van der Waals surface area contributed by atoms with Crippen molar-refractivity contribution in [2.24, 2.45) is 0 Å². The van der Waals surface area contributed by atoms with Crippen molar-refractivity contribution >= 4 is 39.1 Å². The minimum absolute atomic E-state index is 0.119. The number of nitrogens with zero attached hydrogens (tertiary/aromatic N) is 3. The lowest BCUT2D eigenvalue weighted by Gasteiger charge is -2.48. The predicted octanol–water partition coefficient (Wildman–Crippen LogP) is 5.12. The van der Waals surface area contributed by atoms with Gasteiger partial charge in [-0.15, -0.1) is 0 Å². The zero-order chi connectivity index (χ0) is 26.0. The Kier molecular flexibility index (Phi) is 8.28. The molecule has 1 heterocycles. The van der Waals surface area contributed by atoms with Crippen LogP contribution in [0.1, 0.15) is 55.9 Å². The molecule has 4 rings (SSSR count). The van der Waals surface area contributed by atoms with Crippen LogP contribution in [-0.4, -0.2) is 54.5 Å². The highest BCUT2D eigenvalue weighted by molar-refractivity contribution is 7.90. The summed E-state index contributed by atoms with van der Waals surface area (Å²) in [6.07, 6.45) is 0.110. The highest BCUT2D eigenvalue weighted by Crippen LogP contribution is 2.45. The fourth-order valence-electron chi connectivity index (χ4n) is 4.76. The summed E-state index contributed by atoms with van der Waals surface area (Å²) in [6.45, 7) is 2.07. The third-order valence-corrected chi connectivity index (χ3v) is 9.62. The van der Waals surface area contributed by atoms with E-state index in [4.69, 9.17) is 27.9 Å². The molecule has 1 saturated carbocycles. The van der Waals surface area contributed by atoms with Gasteiger partial charge in [-0.05, 0) is 54.7 Å². The molecule has 2 aromatic rings. The van der Waals surface area contributed by atoms with E-state index >= 15 is 0 Å². The Bertz CT molecular complexity index is 1240. The maximum absolute atomic E-state index is 13.8. The van der Waals surface area contributed by atoms with Gasteiger partial charge in [-0.3, -0.25) is 4.79 Å². The molecule has 2 fully saturated rings. The zero-order valence-electron chi connectivity index (χ0n) is 20.2. The van der Waals surface area contributed by atoms with Crippen LogP contribution < -0.4 is 0 Å². The first kappa shape index (κ1) is 26.9. The summed E-state index contributed by atoms with van der Waals surface area (Å²) in [5.74, 6) is -0.334. The molecule has 1 unspecified atom stereocenters. The molecule has 2 aliphatic rings. The molecule has 1 amide bonds. The highest BCUT2D eigenvalue weighted by atomic mass is 35.5. The normalized spacial score (nSPS) is 23.5. The molecule has 10 heteroatoms. The average Bonchev–Trinajstić information content (AvgIpc) is 3.70. The Hall–Kier alpha value is -2.15. The van der Waals surface area contributed by atoms with E-state index in [1.165, 1.54) is 4.31 Å². The third-order valence-electron chi connectivity index (χ3n) is 6.81. The molecule has 4 atom stereocenters. The van der Waals surface area contributed by atoms with Gasteiger partial charge in [-0.1, -0.05) is 54.4 Å². The predicted molar refractivity (Wildman–Crippen MR) is 139 cm³/mol. The van der Waals surface area contributed by atoms with E-state index in [2.05, 4.69) is 6.07 Å². The number of ether oxygens (including phenoxy) is 1. The van der Waals surface area contributed by atoms with Crippen molar-refractivity contribution in [1.82, 2.24) is 9.21 Å². The van der Waals surface area contributed by atoms with Crippen molar-refractivity contribution in [3.63, 3.8) is 0 Å². The van der Waals surface area contributed by atoms with Crippen molar-refractivity contribution in [3.8, 4) is 6.07 Å². The lowest BCUT2D eigenvalue weighted by atomic mass is 9.89. The second-order valence-corrected chi connectivity index (χ2v) is 12.5. The van der Waals surface area contributed by atoms with E-state index in [0.29, 0.717) is 29.3 Å². The first-order valence-corrected chi connectivity index (χ1v) is 14.2. The minimum atomic E-state index is -3.43. The van der Waals surface area contributed by atoms with E-state index in [0.717, 1.165) is 11.1 Å². The van der Waals surface area contributed by atoms with Crippen molar-refractivity contribution in [2.75, 3.05) is 13.6 Å². The molecule has 1 saturated heterocycles. The van der Waals surface area contributed by atoms with Crippen molar-refractivity contribution < 1.29 is 17.9 Å². The van der Waals surface area contributed by atoms with E-state index < -0.39 is 34.3 Å². The summed E-state index contributed by atoms with van der Waals surface area (Å²) in [6, 6.07) is 15.5. The number of morpholine rings is 1. The molecular formula is C26H29Cl2N3O4S. The number of carbonyl (C=O) groups excluding carboxylic acids is 1. The van der Waals surface area contributed by atoms with Gasteiger partial charge < -0.3 is 9.64 Å². The van der Waals surface area contributed by atoms with Crippen molar-refractivity contribution in [1.29, 1.82) is 5.26 Å². The van der Waals surface area contributed by atoms with Crippen molar-refractivity contribution in [2.45, 2.75) is 62.1 Å². The minimum Gasteiger partial charge on any atom is -0.357 e. The molecule has 0 radical (unpaired) electrons. The second kappa shape index (κ2) is 11.1. The van der Waals surface area contributed by atoms with Crippen LogP contribution in [0.4, 0.5) is 0 Å². The van der Waals surface area contributed by atoms with Gasteiger partial charge in [-0.2, -0.15) is 5.26 Å². The molecule has 0 aromatic heterocycles. The summed E-state index contributed by atoms with van der Waals surface area (Å²) in [5, 5.41) is 10.2. The van der Waals surface area contributed by atoms with Gasteiger partial charge in [0.05, 0.1) is 23.8 Å². The van der Waals surface area contributed by atoms with Crippen LogP contribution in [-0.2, 0) is 19.6 Å². The monoisotopic (exact) mass is 549 g/mol. The molecule has 0 N–H and O–H groups in total. The molecular weight excluding hydrogens is 521 g/mol. The number of rotatable bonds is 9. The van der Waals surface area contributed by atoms with Gasteiger partial charge in [0.2, 0.25) is 10.0 Å². The lowest BCUT2D eigenvalue weighted by Crippen LogP contribution is -2.57. The Balaban J connectivity index is 1.81. The Morgan fingerprint density at radius 3 is 2.42 bits per heavy atom. The maximum Gasteiger partial charge on any atom is 0.253 e. The number of hydrogen-bond acceptors (Lipinski definition) is 5. The number of likely N-dealkylation sites (N-methyl/N-ethyl adjacent to an activating group) is 1. The second-order valence-electron chi connectivity index (χ2n) is 9.29. The molecule has 2 aromatic carbocycles. The lowest BCUT2D eigenvalue weighted by molar-refractivity contribution is -0.179. The molecule has 0 bridgehead atoms. The number of nitriles is 1. The Morgan fingerprint density at radius 1 is 1.14 bits per heavy atom. The summed E-state index contributed by atoms with van der Waals surface area (Å²) in [4.78, 5) is 15.5. The first-order valence-electron chi connectivity index (χ1n) is 12.0. The van der Waals surface area contributed by atoms with Gasteiger partial charge in [0.15, 0.2) is 0 Å². The summed E-state index contributed by atoms with van der Waals surface area (Å²) >= 11 is 12.5. The highest BCUT2D eigenvalue weighted by Gasteiger charge is 2.47. The van der Waals surface area contributed by atoms with Crippen LogP contribution in [0.2, 0.25) is 10.0 Å². The third kappa shape index (κ3) is 5.56. The molecule has 7 nitrogen and oxygen atoms in total. The van der Waals surface area contributed by atoms with Crippen LogP contribution in [0, 0.1) is 11.3 Å². The molecule has 1 aliphatic heterocycles. The van der Waals surface area contributed by atoms with E-state index in [-0.39, 0.29) is 24.1 Å². The number of amides is 1. The number of hydrogen-bond donors (Lipinski definition) is 0. The summed E-state index contributed by atoms with van der Waals surface area (Å²) < 4.78 is 33.5. The van der Waals surface area contributed by atoms with Gasteiger partial charge in [-0.25, -0.2) is 12.7 Å². The van der Waals surface area contributed by atoms with Gasteiger partial charge in [0.25, 0.3) is 5.91 Å². The van der Waals surface area contributed by atoms with E-state index in [1.807, 2.05) is 31.2 Å². The molecule has 192 valence electrons. The summed E-state index contributed by atoms with van der Waals surface area (Å²) in [7, 11) is -1.86. The number of carbonyl (C=O) groups is 1. The Morgan fingerprint density at radius 2 is 1.83 bits per heavy atom. The van der Waals surface area contributed by atoms with E-state index in [1.54, 1.807) is 36.2 Å². The summed E-state index contributed by atoms with van der Waals surface area (Å²) in [5.41, 5.74) is 1.55. The number of benzene rings is 2. The quantitative estimate of drug-likeness (QED) is 0.433. The largest absolute Gasteiger partial charge is 0.357 e. The molecule has 36 heavy (non-hydrogen) atoms. The average molecular weight is 551 g/mol. The first-order chi connectivity index (χ1) is 17.2. The fourth-order valence-corrected chi connectivity index (χ4v) is 6.70. The topological polar surface area (TPSA) is 90.7 Å². The van der Waals surface area contributed by atoms with Crippen LogP contribution in [0.5, 0.6) is 0 Å². The van der Waals surface area contributed by atoms with Crippen LogP contribution in [0.25, 0.3) is 0 Å². The van der Waals surface area contributed by atoms with Crippen molar-refractivity contribution in [3.05, 3.63) is 69.7 Å². The van der Waals surface area contributed by atoms with Crippen LogP contribution in [0.15, 0.2) is 48.5 Å². The van der Waals surface area contributed by atoms with Crippen LogP contribution in [0.3, 0.4) is 0 Å². The van der Waals surface area contributed by atoms with Gasteiger partial charge >= 0.3 is 0 Å². The molecule has 0 spiro atoms. The van der Waals surface area contributed by atoms with Crippen LogP contribution >= 0.6 is 23.2 Å². The van der Waals surface area contributed by atoms with E-state index in [9.17, 15) is 18.5 Å².